The third-order valence-electron chi connectivity index (χ3n) is 8.20. The van der Waals surface area contributed by atoms with Gasteiger partial charge in [-0.25, -0.2) is 4.98 Å². The van der Waals surface area contributed by atoms with Crippen molar-refractivity contribution in [1.82, 2.24) is 19.5 Å². The number of rotatable bonds is 8. The maximum atomic E-state index is 12.2. The summed E-state index contributed by atoms with van der Waals surface area (Å²) in [6.45, 7) is 2.40. The molecule has 2 saturated carbocycles. The number of nitrogens with two attached hydrogens (primary N) is 1. The van der Waals surface area contributed by atoms with E-state index in [-0.39, 0.29) is 36.8 Å². The standard InChI is InChI=1S/C20H30N6O3.C8H14O2/c1-12-8-14(10-28-15(27)9-13-6-4-3-5-7-13)29-19(12)26-11-23-16-17(22-2)24-20(21)25-18(16)26;9-8(10)6-7-4-2-1-3-5-7/h11-14,19H,3-10H2,1-2H3,(H3,21,22,24,25);7H,1-6H2,(H,9,10). The zero-order chi connectivity index (χ0) is 27.8. The second kappa shape index (κ2) is 13.9. The summed E-state index contributed by atoms with van der Waals surface area (Å²) in [6.07, 6.45) is 15.1. The quantitative estimate of drug-likeness (QED) is 0.390. The van der Waals surface area contributed by atoms with Gasteiger partial charge in [-0.05, 0) is 43.9 Å². The normalized spacial score (nSPS) is 24.2. The Morgan fingerprint density at radius 2 is 1.72 bits per heavy atom. The summed E-state index contributed by atoms with van der Waals surface area (Å²) in [5.74, 6) is 1.22. The molecule has 3 fully saturated rings. The Labute approximate surface area is 230 Å². The number of nitrogen functional groups attached to an aromatic ring is 1. The number of imidazole rings is 1. The summed E-state index contributed by atoms with van der Waals surface area (Å²) in [5.41, 5.74) is 7.13. The Kier molecular flexibility index (Phi) is 10.4. The second-order valence-corrected chi connectivity index (χ2v) is 11.4. The molecule has 1 aliphatic heterocycles. The van der Waals surface area contributed by atoms with Crippen LogP contribution in [-0.2, 0) is 19.1 Å². The van der Waals surface area contributed by atoms with Gasteiger partial charge in [-0.15, -0.1) is 0 Å². The van der Waals surface area contributed by atoms with E-state index in [2.05, 4.69) is 27.2 Å². The number of carbonyl (C=O) groups excluding carboxylic acids is 1. The molecule has 11 heteroatoms. The molecule has 11 nitrogen and oxygen atoms in total. The van der Waals surface area contributed by atoms with Gasteiger partial charge in [0.05, 0.1) is 12.4 Å². The van der Waals surface area contributed by atoms with E-state index >= 15 is 0 Å². The van der Waals surface area contributed by atoms with Gasteiger partial charge in [0.15, 0.2) is 17.0 Å². The van der Waals surface area contributed by atoms with Crippen LogP contribution in [-0.4, -0.2) is 56.3 Å². The van der Waals surface area contributed by atoms with Gasteiger partial charge in [0, 0.05) is 25.8 Å². The first-order chi connectivity index (χ1) is 18.8. The molecule has 216 valence electrons. The highest BCUT2D eigenvalue weighted by molar-refractivity contribution is 5.84. The first kappa shape index (κ1) is 29.0. The fourth-order valence-corrected chi connectivity index (χ4v) is 6.17. The molecule has 2 aromatic rings. The van der Waals surface area contributed by atoms with E-state index in [1.807, 2.05) is 4.57 Å². The largest absolute Gasteiger partial charge is 0.481 e. The molecule has 0 radical (unpaired) electrons. The lowest BCUT2D eigenvalue weighted by Crippen LogP contribution is -2.21. The Hall–Kier alpha value is -2.95. The van der Waals surface area contributed by atoms with Gasteiger partial charge in [0.2, 0.25) is 5.95 Å². The summed E-state index contributed by atoms with van der Waals surface area (Å²) < 4.78 is 13.6. The second-order valence-electron chi connectivity index (χ2n) is 11.4. The predicted octanol–water partition coefficient (Wildman–Crippen LogP) is 4.93. The Morgan fingerprint density at radius 3 is 2.33 bits per heavy atom. The number of carbonyl (C=O) groups is 2. The van der Waals surface area contributed by atoms with E-state index in [4.69, 9.17) is 20.3 Å². The number of hydrogen-bond acceptors (Lipinski definition) is 9. The molecule has 5 rings (SSSR count). The molecular weight excluding hydrogens is 500 g/mol. The maximum Gasteiger partial charge on any atom is 0.306 e. The molecule has 39 heavy (non-hydrogen) atoms. The van der Waals surface area contributed by atoms with Crippen LogP contribution >= 0.6 is 0 Å². The number of hydrogen-bond donors (Lipinski definition) is 3. The zero-order valence-corrected chi connectivity index (χ0v) is 23.3. The number of nitrogens with one attached hydrogen (secondary N) is 1. The van der Waals surface area contributed by atoms with Crippen molar-refractivity contribution in [2.24, 2.45) is 17.8 Å². The van der Waals surface area contributed by atoms with Crippen molar-refractivity contribution >= 4 is 34.9 Å². The molecule has 4 N–H and O–H groups in total. The third kappa shape index (κ3) is 8.03. The molecule has 3 heterocycles. The van der Waals surface area contributed by atoms with Gasteiger partial charge in [0.25, 0.3) is 0 Å². The zero-order valence-electron chi connectivity index (χ0n) is 23.3. The van der Waals surface area contributed by atoms with E-state index < -0.39 is 5.97 Å². The van der Waals surface area contributed by atoms with Gasteiger partial charge in [0.1, 0.15) is 12.8 Å². The number of aromatic nitrogens is 4. The summed E-state index contributed by atoms with van der Waals surface area (Å²) in [5, 5.41) is 11.5. The van der Waals surface area contributed by atoms with Crippen LogP contribution in [0.5, 0.6) is 0 Å². The van der Waals surface area contributed by atoms with Crippen molar-refractivity contribution in [1.29, 1.82) is 0 Å². The van der Waals surface area contributed by atoms with Crippen molar-refractivity contribution in [3.63, 3.8) is 0 Å². The number of ether oxygens (including phenoxy) is 2. The van der Waals surface area contributed by atoms with E-state index in [0.717, 1.165) is 32.1 Å². The minimum absolute atomic E-state index is 0.108. The number of carboxylic acid groups (broad SMARTS) is 1. The number of anilines is 2. The number of aliphatic carboxylic acids is 1. The smallest absolute Gasteiger partial charge is 0.306 e. The predicted molar refractivity (Wildman–Crippen MR) is 148 cm³/mol. The molecule has 3 unspecified atom stereocenters. The van der Waals surface area contributed by atoms with Gasteiger partial charge in [-0.3, -0.25) is 14.2 Å². The topological polar surface area (TPSA) is 154 Å². The Bertz CT molecular complexity index is 1100. The molecule has 0 amide bonds. The first-order valence-corrected chi connectivity index (χ1v) is 14.5. The highest BCUT2D eigenvalue weighted by Crippen LogP contribution is 2.36. The van der Waals surface area contributed by atoms with Crippen LogP contribution in [0.25, 0.3) is 11.2 Å². The minimum Gasteiger partial charge on any atom is -0.481 e. The molecule has 0 spiro atoms. The highest BCUT2D eigenvalue weighted by Gasteiger charge is 2.35. The lowest BCUT2D eigenvalue weighted by atomic mass is 9.87. The van der Waals surface area contributed by atoms with Crippen LogP contribution < -0.4 is 11.1 Å². The van der Waals surface area contributed by atoms with Crippen LogP contribution in [0, 0.1) is 17.8 Å². The summed E-state index contributed by atoms with van der Waals surface area (Å²) in [4.78, 5) is 35.4. The Morgan fingerprint density at radius 1 is 1.08 bits per heavy atom. The monoisotopic (exact) mass is 544 g/mol. The molecule has 3 aliphatic rings. The molecule has 1 saturated heterocycles. The highest BCUT2D eigenvalue weighted by atomic mass is 16.6. The van der Waals surface area contributed by atoms with Crippen molar-refractivity contribution in [3.05, 3.63) is 6.33 Å². The molecule has 0 aromatic carbocycles. The van der Waals surface area contributed by atoms with Gasteiger partial charge in [-0.2, -0.15) is 9.97 Å². The summed E-state index contributed by atoms with van der Waals surface area (Å²) in [7, 11) is 1.77. The molecule has 2 aliphatic carbocycles. The summed E-state index contributed by atoms with van der Waals surface area (Å²) >= 11 is 0. The molecule has 3 atom stereocenters. The van der Waals surface area contributed by atoms with Crippen LogP contribution in [0.4, 0.5) is 11.8 Å². The molecular formula is C28H44N6O5. The lowest BCUT2D eigenvalue weighted by molar-refractivity contribution is -0.149. The number of carboxylic acids is 1. The van der Waals surface area contributed by atoms with Gasteiger partial charge >= 0.3 is 11.9 Å². The first-order valence-electron chi connectivity index (χ1n) is 14.5. The average Bonchev–Trinajstić information content (AvgIpc) is 3.50. The van der Waals surface area contributed by atoms with Crippen molar-refractivity contribution in [3.8, 4) is 0 Å². The number of fused-ring (bicyclic) bond motifs is 1. The average molecular weight is 545 g/mol. The van der Waals surface area contributed by atoms with Crippen LogP contribution in [0.15, 0.2) is 6.33 Å². The van der Waals surface area contributed by atoms with Gasteiger partial charge < -0.3 is 25.6 Å². The fourth-order valence-electron chi connectivity index (χ4n) is 6.17. The number of esters is 1. The van der Waals surface area contributed by atoms with Crippen LogP contribution in [0.3, 0.4) is 0 Å². The van der Waals surface area contributed by atoms with Crippen molar-refractivity contribution in [2.45, 2.75) is 103 Å². The number of nitrogens with zero attached hydrogens (tertiary/aromatic N) is 4. The van der Waals surface area contributed by atoms with E-state index in [1.165, 1.54) is 38.5 Å². The Balaban J connectivity index is 0.000000298. The van der Waals surface area contributed by atoms with E-state index in [9.17, 15) is 9.59 Å². The molecule has 0 bridgehead atoms. The van der Waals surface area contributed by atoms with E-state index in [0.29, 0.717) is 41.7 Å². The van der Waals surface area contributed by atoms with E-state index in [1.54, 1.807) is 13.4 Å². The van der Waals surface area contributed by atoms with Gasteiger partial charge in [-0.1, -0.05) is 45.4 Å². The maximum absolute atomic E-state index is 12.2. The molecule has 2 aromatic heterocycles. The third-order valence-corrected chi connectivity index (χ3v) is 8.20. The van der Waals surface area contributed by atoms with Crippen LogP contribution in [0.1, 0.15) is 96.6 Å². The minimum atomic E-state index is -0.632. The van der Waals surface area contributed by atoms with Crippen LogP contribution in [0.2, 0.25) is 0 Å². The fraction of sp³-hybridized carbons (Fsp3) is 0.750. The summed E-state index contributed by atoms with van der Waals surface area (Å²) in [6, 6.07) is 0. The van der Waals surface area contributed by atoms with Crippen molar-refractivity contribution < 1.29 is 24.2 Å². The van der Waals surface area contributed by atoms with Crippen molar-refractivity contribution in [2.75, 3.05) is 24.7 Å². The SMILES string of the molecule is CNc1nc(N)nc2c1ncn2C1OC(COC(=O)CC2CCCCC2)CC1C.O=C(O)CC1CCCCC1. The lowest BCUT2D eigenvalue weighted by Gasteiger charge is -2.21.